The van der Waals surface area contributed by atoms with Gasteiger partial charge in [0.2, 0.25) is 0 Å². The third-order valence-corrected chi connectivity index (χ3v) is 8.93. The monoisotopic (exact) mass is 534 g/mol. The summed E-state index contributed by atoms with van der Waals surface area (Å²) in [5.41, 5.74) is 10.6. The average molecular weight is 535 g/mol. The Balaban J connectivity index is 1.18. The maximum absolute atomic E-state index is 6.05. The molecule has 0 aliphatic carbocycles. The SMILES string of the molecule is Cc1ccc(-c2ccc3ccc4c(-c5ccc(-c6ccc7oc8ccccc8c7c6)cc5)ccc5ccc2c3c54)cc1. The lowest BCUT2D eigenvalue weighted by molar-refractivity contribution is 0.669. The molecule has 0 saturated heterocycles. The third-order valence-electron chi connectivity index (χ3n) is 8.93. The van der Waals surface area contributed by atoms with Crippen molar-refractivity contribution in [3.05, 3.63) is 145 Å². The van der Waals surface area contributed by atoms with E-state index in [9.17, 15) is 0 Å². The molecule has 0 atom stereocenters. The highest BCUT2D eigenvalue weighted by molar-refractivity contribution is 6.27. The molecule has 0 aliphatic rings. The number of furan rings is 1. The van der Waals surface area contributed by atoms with Crippen LogP contribution in [0.1, 0.15) is 5.56 Å². The van der Waals surface area contributed by atoms with E-state index >= 15 is 0 Å². The summed E-state index contributed by atoms with van der Waals surface area (Å²) in [6.45, 7) is 2.14. The number of hydrogen-bond acceptors (Lipinski definition) is 1. The van der Waals surface area contributed by atoms with E-state index < -0.39 is 0 Å². The average Bonchev–Trinajstić information content (AvgIpc) is 3.42. The maximum Gasteiger partial charge on any atom is 0.135 e. The molecule has 0 radical (unpaired) electrons. The largest absolute Gasteiger partial charge is 0.456 e. The second-order valence-corrected chi connectivity index (χ2v) is 11.4. The second kappa shape index (κ2) is 8.80. The molecule has 0 unspecified atom stereocenters. The summed E-state index contributed by atoms with van der Waals surface area (Å²) in [6, 6.07) is 50.9. The van der Waals surface area contributed by atoms with E-state index in [1.54, 1.807) is 0 Å². The van der Waals surface area contributed by atoms with Crippen LogP contribution in [0, 0.1) is 6.92 Å². The maximum atomic E-state index is 6.05. The van der Waals surface area contributed by atoms with Crippen LogP contribution < -0.4 is 0 Å². The van der Waals surface area contributed by atoms with E-state index in [2.05, 4.69) is 134 Å². The predicted octanol–water partition coefficient (Wildman–Crippen LogP) is 11.8. The summed E-state index contributed by atoms with van der Waals surface area (Å²) >= 11 is 0. The van der Waals surface area contributed by atoms with Gasteiger partial charge in [-0.15, -0.1) is 0 Å². The standard InChI is InChI=1S/C41H26O/c1-25-6-8-27(9-7-25)32-19-14-29-17-22-36-33(20-15-30-16-21-35(32)40(29)41(30)36)28-12-10-26(11-13-28)31-18-23-39-37(24-31)34-4-2-3-5-38(34)42-39/h2-24H,1H3. The van der Waals surface area contributed by atoms with Crippen molar-refractivity contribution in [1.82, 2.24) is 0 Å². The van der Waals surface area contributed by atoms with Crippen molar-refractivity contribution >= 4 is 54.3 Å². The van der Waals surface area contributed by atoms with E-state index in [0.29, 0.717) is 0 Å². The van der Waals surface area contributed by atoms with Gasteiger partial charge in [-0.25, -0.2) is 0 Å². The van der Waals surface area contributed by atoms with Gasteiger partial charge in [0.15, 0.2) is 0 Å². The first kappa shape index (κ1) is 23.3. The fraction of sp³-hybridized carbons (Fsp3) is 0.0244. The summed E-state index contributed by atoms with van der Waals surface area (Å²) in [6.07, 6.45) is 0. The number of fused-ring (bicyclic) bond motifs is 3. The van der Waals surface area contributed by atoms with Crippen molar-refractivity contribution in [3.63, 3.8) is 0 Å². The van der Waals surface area contributed by atoms with Gasteiger partial charge in [-0.3, -0.25) is 0 Å². The number of benzene rings is 8. The van der Waals surface area contributed by atoms with Gasteiger partial charge in [-0.1, -0.05) is 127 Å². The molecule has 0 N–H and O–H groups in total. The smallest absolute Gasteiger partial charge is 0.135 e. The van der Waals surface area contributed by atoms with E-state index in [1.807, 2.05) is 12.1 Å². The molecule has 8 aromatic carbocycles. The lowest BCUT2D eigenvalue weighted by Crippen LogP contribution is -1.89. The summed E-state index contributed by atoms with van der Waals surface area (Å²) in [5.74, 6) is 0. The van der Waals surface area contributed by atoms with Crippen LogP contribution in [0.5, 0.6) is 0 Å². The Morgan fingerprint density at radius 1 is 0.381 bits per heavy atom. The topological polar surface area (TPSA) is 13.1 Å². The van der Waals surface area contributed by atoms with Crippen LogP contribution >= 0.6 is 0 Å². The van der Waals surface area contributed by atoms with Crippen LogP contribution in [0.3, 0.4) is 0 Å². The van der Waals surface area contributed by atoms with Gasteiger partial charge in [0.1, 0.15) is 11.2 Å². The van der Waals surface area contributed by atoms with Gasteiger partial charge >= 0.3 is 0 Å². The van der Waals surface area contributed by atoms with E-state index in [0.717, 1.165) is 21.9 Å². The number of rotatable bonds is 3. The highest BCUT2D eigenvalue weighted by Crippen LogP contribution is 2.42. The van der Waals surface area contributed by atoms with Crippen LogP contribution in [0.15, 0.2) is 144 Å². The van der Waals surface area contributed by atoms with Crippen LogP contribution in [-0.2, 0) is 0 Å². The Morgan fingerprint density at radius 2 is 0.905 bits per heavy atom. The molecule has 0 spiro atoms. The molecule has 9 rings (SSSR count). The van der Waals surface area contributed by atoms with Crippen molar-refractivity contribution in [2.45, 2.75) is 6.92 Å². The van der Waals surface area contributed by atoms with E-state index in [1.165, 1.54) is 71.3 Å². The fourth-order valence-corrected chi connectivity index (χ4v) is 6.79. The molecule has 1 nitrogen and oxygen atoms in total. The number of para-hydroxylation sites is 1. The number of hydrogen-bond donors (Lipinski definition) is 0. The first-order valence-electron chi connectivity index (χ1n) is 14.5. The molecular formula is C41H26O. The molecule has 1 heteroatoms. The van der Waals surface area contributed by atoms with Crippen LogP contribution in [0.2, 0.25) is 0 Å². The van der Waals surface area contributed by atoms with Gasteiger partial charge < -0.3 is 4.42 Å². The summed E-state index contributed by atoms with van der Waals surface area (Å²) in [4.78, 5) is 0. The lowest BCUT2D eigenvalue weighted by Gasteiger charge is -2.17. The Bertz CT molecular complexity index is 2440. The molecule has 1 aromatic heterocycles. The van der Waals surface area contributed by atoms with Gasteiger partial charge in [0, 0.05) is 10.8 Å². The summed E-state index contributed by atoms with van der Waals surface area (Å²) in [7, 11) is 0. The molecule has 42 heavy (non-hydrogen) atoms. The lowest BCUT2D eigenvalue weighted by atomic mass is 9.87. The third kappa shape index (κ3) is 3.44. The van der Waals surface area contributed by atoms with Crippen molar-refractivity contribution < 1.29 is 4.42 Å². The minimum atomic E-state index is 0.927. The van der Waals surface area contributed by atoms with Crippen molar-refractivity contribution in [2.75, 3.05) is 0 Å². The molecule has 0 bridgehead atoms. The summed E-state index contributed by atoms with van der Waals surface area (Å²) in [5, 5.41) is 10.2. The molecule has 0 fully saturated rings. The van der Waals surface area contributed by atoms with Crippen molar-refractivity contribution in [3.8, 4) is 33.4 Å². The zero-order valence-corrected chi connectivity index (χ0v) is 23.2. The molecule has 0 aliphatic heterocycles. The van der Waals surface area contributed by atoms with Crippen molar-refractivity contribution in [1.29, 1.82) is 0 Å². The minimum Gasteiger partial charge on any atom is -0.456 e. The molecule has 0 amide bonds. The molecule has 1 heterocycles. The normalized spacial score (nSPS) is 11.9. The fourth-order valence-electron chi connectivity index (χ4n) is 6.79. The van der Waals surface area contributed by atoms with Crippen LogP contribution in [0.4, 0.5) is 0 Å². The zero-order valence-electron chi connectivity index (χ0n) is 23.2. The van der Waals surface area contributed by atoms with Crippen LogP contribution in [0.25, 0.3) is 87.6 Å². The van der Waals surface area contributed by atoms with Gasteiger partial charge in [-0.05, 0) is 90.8 Å². The Hall–Kier alpha value is -5.40. The van der Waals surface area contributed by atoms with Gasteiger partial charge in [-0.2, -0.15) is 0 Å². The summed E-state index contributed by atoms with van der Waals surface area (Å²) < 4.78 is 6.05. The highest BCUT2D eigenvalue weighted by atomic mass is 16.3. The Kier molecular flexibility index (Phi) is 4.88. The predicted molar refractivity (Wildman–Crippen MR) is 178 cm³/mol. The van der Waals surface area contributed by atoms with Gasteiger partial charge in [0.25, 0.3) is 0 Å². The molecule has 0 saturated carbocycles. The van der Waals surface area contributed by atoms with Crippen LogP contribution in [-0.4, -0.2) is 0 Å². The van der Waals surface area contributed by atoms with E-state index in [4.69, 9.17) is 4.42 Å². The molecule has 196 valence electrons. The quantitative estimate of drug-likeness (QED) is 0.205. The highest BCUT2D eigenvalue weighted by Gasteiger charge is 2.15. The first-order chi connectivity index (χ1) is 20.7. The Morgan fingerprint density at radius 3 is 1.57 bits per heavy atom. The Labute approximate surface area is 243 Å². The minimum absolute atomic E-state index is 0.927. The van der Waals surface area contributed by atoms with Gasteiger partial charge in [0.05, 0.1) is 0 Å². The first-order valence-corrected chi connectivity index (χ1v) is 14.5. The van der Waals surface area contributed by atoms with E-state index in [-0.39, 0.29) is 0 Å². The van der Waals surface area contributed by atoms with Crippen molar-refractivity contribution in [2.24, 2.45) is 0 Å². The molecular weight excluding hydrogens is 508 g/mol. The zero-order chi connectivity index (χ0) is 27.8. The molecule has 9 aromatic rings. The number of aryl methyl sites for hydroxylation is 1. The second-order valence-electron chi connectivity index (χ2n) is 11.4.